The summed E-state index contributed by atoms with van der Waals surface area (Å²) >= 11 is 0. The number of nitrogens with zero attached hydrogens (tertiary/aromatic N) is 5. The Balaban J connectivity index is 2.09. The Morgan fingerprint density at radius 3 is 2.59 bits per heavy atom. The van der Waals surface area contributed by atoms with Gasteiger partial charge in [-0.25, -0.2) is 9.97 Å². The molecule has 0 aliphatic carbocycles. The Morgan fingerprint density at radius 2 is 1.91 bits per heavy atom. The first-order valence-electron chi connectivity index (χ1n) is 6.35. The second-order valence-corrected chi connectivity index (χ2v) is 4.61. The zero-order valence-corrected chi connectivity index (χ0v) is 11.5. The van der Waals surface area contributed by atoms with E-state index in [4.69, 9.17) is 0 Å². The molecule has 3 aromatic heterocycles. The van der Waals surface area contributed by atoms with E-state index in [9.17, 15) is 13.2 Å². The zero-order chi connectivity index (χ0) is 15.7. The van der Waals surface area contributed by atoms with Crippen LogP contribution in [0.15, 0.2) is 30.7 Å². The van der Waals surface area contributed by atoms with E-state index in [2.05, 4.69) is 25.4 Å². The Labute approximate surface area is 123 Å². The summed E-state index contributed by atoms with van der Waals surface area (Å²) in [6, 6.07) is 3.37. The van der Waals surface area contributed by atoms with Crippen molar-refractivity contribution >= 4 is 16.9 Å². The second-order valence-electron chi connectivity index (χ2n) is 4.61. The third kappa shape index (κ3) is 2.83. The van der Waals surface area contributed by atoms with Gasteiger partial charge in [0.15, 0.2) is 11.5 Å². The molecule has 0 unspecified atom stereocenters. The number of hydrogen-bond donors (Lipinski definition) is 1. The van der Waals surface area contributed by atoms with Gasteiger partial charge in [0.25, 0.3) is 0 Å². The van der Waals surface area contributed by atoms with Crippen molar-refractivity contribution in [3.05, 3.63) is 30.7 Å². The van der Waals surface area contributed by atoms with E-state index in [1.165, 1.54) is 10.9 Å². The first-order chi connectivity index (χ1) is 10.4. The van der Waals surface area contributed by atoms with Gasteiger partial charge in [0.2, 0.25) is 0 Å². The largest absolute Gasteiger partial charge is 0.405 e. The fraction of sp³-hybridized carbons (Fsp3) is 0.231. The number of alkyl halides is 3. The van der Waals surface area contributed by atoms with Crippen molar-refractivity contribution in [2.45, 2.75) is 6.18 Å². The van der Waals surface area contributed by atoms with Crippen LogP contribution in [0.5, 0.6) is 0 Å². The van der Waals surface area contributed by atoms with E-state index in [0.29, 0.717) is 22.4 Å². The average Bonchev–Trinajstić information content (AvgIpc) is 2.86. The second kappa shape index (κ2) is 5.24. The molecule has 1 N–H and O–H groups in total. The lowest BCUT2D eigenvalue weighted by molar-refractivity contribution is -0.115. The predicted octanol–water partition coefficient (Wildman–Crippen LogP) is 2.40. The number of anilines is 1. The summed E-state index contributed by atoms with van der Waals surface area (Å²) < 4.78 is 38.8. The van der Waals surface area contributed by atoms with Gasteiger partial charge < -0.3 is 5.32 Å². The third-order valence-corrected chi connectivity index (χ3v) is 2.99. The standard InChI is InChI=1S/C13H11F3N6/c1-22-12-9(6-19-22)11(18-7-13(14,15)16)20-10(21-12)8-2-4-17-5-3-8/h2-6H,7H2,1H3,(H,18,20,21). The van der Waals surface area contributed by atoms with Gasteiger partial charge in [-0.15, -0.1) is 0 Å². The number of pyridine rings is 1. The summed E-state index contributed by atoms with van der Waals surface area (Å²) in [5.41, 5.74) is 1.11. The Morgan fingerprint density at radius 1 is 1.18 bits per heavy atom. The minimum atomic E-state index is -4.34. The van der Waals surface area contributed by atoms with Crippen LogP contribution < -0.4 is 5.32 Å². The SMILES string of the molecule is Cn1ncc2c(NCC(F)(F)F)nc(-c3ccncc3)nc21. The molecule has 114 valence electrons. The Kier molecular flexibility index (Phi) is 3.39. The third-order valence-electron chi connectivity index (χ3n) is 2.99. The van der Waals surface area contributed by atoms with Crippen LogP contribution in [0, 0.1) is 0 Å². The molecule has 0 bridgehead atoms. The molecule has 3 aromatic rings. The average molecular weight is 308 g/mol. The maximum absolute atomic E-state index is 12.4. The molecule has 3 rings (SSSR count). The highest BCUT2D eigenvalue weighted by molar-refractivity contribution is 5.88. The first-order valence-corrected chi connectivity index (χ1v) is 6.35. The van der Waals surface area contributed by atoms with E-state index in [0.717, 1.165) is 0 Å². The number of aryl methyl sites for hydroxylation is 1. The predicted molar refractivity (Wildman–Crippen MR) is 74.1 cm³/mol. The van der Waals surface area contributed by atoms with Gasteiger partial charge in [-0.2, -0.15) is 18.3 Å². The molecule has 0 saturated heterocycles. The quantitative estimate of drug-likeness (QED) is 0.804. The molecule has 0 radical (unpaired) electrons. The lowest BCUT2D eigenvalue weighted by atomic mass is 10.2. The molecule has 9 heteroatoms. The summed E-state index contributed by atoms with van der Waals surface area (Å²) in [6.07, 6.45) is 0.227. The van der Waals surface area contributed by atoms with Gasteiger partial charge in [0.1, 0.15) is 12.4 Å². The minimum absolute atomic E-state index is 0.0993. The van der Waals surface area contributed by atoms with Crippen molar-refractivity contribution in [2.24, 2.45) is 7.05 Å². The molecule has 0 saturated carbocycles. The number of fused-ring (bicyclic) bond motifs is 1. The molecule has 0 aromatic carbocycles. The minimum Gasteiger partial charge on any atom is -0.360 e. The van der Waals surface area contributed by atoms with Crippen LogP contribution >= 0.6 is 0 Å². The number of nitrogens with one attached hydrogen (secondary N) is 1. The molecule has 0 spiro atoms. The molecule has 3 heterocycles. The lowest BCUT2D eigenvalue weighted by Crippen LogP contribution is -2.22. The highest BCUT2D eigenvalue weighted by atomic mass is 19.4. The Bertz CT molecular complexity index is 797. The van der Waals surface area contributed by atoms with Crippen molar-refractivity contribution < 1.29 is 13.2 Å². The van der Waals surface area contributed by atoms with Gasteiger partial charge in [-0.1, -0.05) is 0 Å². The van der Waals surface area contributed by atoms with E-state index >= 15 is 0 Å². The van der Waals surface area contributed by atoms with Gasteiger partial charge >= 0.3 is 6.18 Å². The van der Waals surface area contributed by atoms with Crippen LogP contribution in [0.4, 0.5) is 19.0 Å². The Hall–Kier alpha value is -2.71. The summed E-state index contributed by atoms with van der Waals surface area (Å²) in [5, 5.41) is 6.76. The summed E-state index contributed by atoms with van der Waals surface area (Å²) in [6.45, 7) is -1.18. The van der Waals surface area contributed by atoms with E-state index in [-0.39, 0.29) is 5.82 Å². The van der Waals surface area contributed by atoms with Crippen molar-refractivity contribution in [3.63, 3.8) is 0 Å². The molecule has 0 amide bonds. The fourth-order valence-electron chi connectivity index (χ4n) is 1.97. The van der Waals surface area contributed by atoms with Crippen LogP contribution in [0.2, 0.25) is 0 Å². The molecule has 22 heavy (non-hydrogen) atoms. The van der Waals surface area contributed by atoms with Gasteiger partial charge in [0, 0.05) is 25.0 Å². The highest BCUT2D eigenvalue weighted by Gasteiger charge is 2.27. The molecule has 0 aliphatic rings. The van der Waals surface area contributed by atoms with Gasteiger partial charge in [-0.05, 0) is 12.1 Å². The number of hydrogen-bond acceptors (Lipinski definition) is 5. The van der Waals surface area contributed by atoms with E-state index in [1.54, 1.807) is 31.6 Å². The molecule has 6 nitrogen and oxygen atoms in total. The van der Waals surface area contributed by atoms with Gasteiger partial charge in [0.05, 0.1) is 11.6 Å². The monoisotopic (exact) mass is 308 g/mol. The van der Waals surface area contributed by atoms with Crippen molar-refractivity contribution in [3.8, 4) is 11.4 Å². The topological polar surface area (TPSA) is 68.5 Å². The molecular formula is C13H11F3N6. The molecule has 0 atom stereocenters. The van der Waals surface area contributed by atoms with Crippen LogP contribution in [-0.4, -0.2) is 37.5 Å². The lowest BCUT2D eigenvalue weighted by Gasteiger charge is -2.11. The molecule has 0 aliphatic heterocycles. The summed E-state index contributed by atoms with van der Waals surface area (Å²) in [7, 11) is 1.67. The smallest absolute Gasteiger partial charge is 0.360 e. The zero-order valence-electron chi connectivity index (χ0n) is 11.5. The fourth-order valence-corrected chi connectivity index (χ4v) is 1.97. The van der Waals surface area contributed by atoms with Gasteiger partial charge in [-0.3, -0.25) is 9.67 Å². The molecule has 0 fully saturated rings. The normalized spacial score (nSPS) is 11.8. The first kappa shape index (κ1) is 14.2. The van der Waals surface area contributed by atoms with Crippen LogP contribution in [0.1, 0.15) is 0 Å². The number of rotatable bonds is 3. The molecular weight excluding hydrogens is 297 g/mol. The number of halogens is 3. The van der Waals surface area contributed by atoms with Crippen molar-refractivity contribution in [2.75, 3.05) is 11.9 Å². The van der Waals surface area contributed by atoms with Crippen LogP contribution in [0.25, 0.3) is 22.4 Å². The maximum Gasteiger partial charge on any atom is 0.405 e. The van der Waals surface area contributed by atoms with Crippen LogP contribution in [-0.2, 0) is 7.05 Å². The van der Waals surface area contributed by atoms with Crippen molar-refractivity contribution in [1.29, 1.82) is 0 Å². The number of aromatic nitrogens is 5. The maximum atomic E-state index is 12.4. The van der Waals surface area contributed by atoms with Crippen molar-refractivity contribution in [1.82, 2.24) is 24.7 Å². The van der Waals surface area contributed by atoms with E-state index in [1.807, 2.05) is 0 Å². The highest BCUT2D eigenvalue weighted by Crippen LogP contribution is 2.25. The van der Waals surface area contributed by atoms with Crippen LogP contribution in [0.3, 0.4) is 0 Å². The summed E-state index contributed by atoms with van der Waals surface area (Å²) in [4.78, 5) is 12.4. The summed E-state index contributed by atoms with van der Waals surface area (Å²) in [5.74, 6) is 0.408. The van der Waals surface area contributed by atoms with E-state index < -0.39 is 12.7 Å².